The zero-order valence-corrected chi connectivity index (χ0v) is 11.3. The summed E-state index contributed by atoms with van der Waals surface area (Å²) < 4.78 is 5.23. The molecule has 0 bridgehead atoms. The summed E-state index contributed by atoms with van der Waals surface area (Å²) in [6.07, 6.45) is 3.59. The summed E-state index contributed by atoms with van der Waals surface area (Å²) in [5, 5.41) is 12.7. The van der Waals surface area contributed by atoms with Crippen LogP contribution in [0.15, 0.2) is 52.1 Å². The number of hydrogen-bond acceptors (Lipinski definition) is 4. The molecule has 1 heterocycles. The summed E-state index contributed by atoms with van der Waals surface area (Å²) in [5.74, 6) is 0.827. The molecule has 4 nitrogen and oxygen atoms in total. The molecule has 0 atom stereocenters. The van der Waals surface area contributed by atoms with Crippen LogP contribution < -0.4 is 5.32 Å². The van der Waals surface area contributed by atoms with E-state index in [0.29, 0.717) is 12.1 Å². The fourth-order valence-electron chi connectivity index (χ4n) is 1.46. The van der Waals surface area contributed by atoms with Crippen molar-refractivity contribution >= 4 is 22.6 Å². The Morgan fingerprint density at radius 2 is 2.16 bits per heavy atom. The fraction of sp³-hybridized carbons (Fsp3) is 0.143. The lowest BCUT2D eigenvalue weighted by molar-refractivity contribution is 0.513. The number of hydrogen-bond donors (Lipinski definition) is 1. The summed E-state index contributed by atoms with van der Waals surface area (Å²) in [6, 6.07) is 13.1. The van der Waals surface area contributed by atoms with Crippen LogP contribution in [0.3, 0.4) is 0 Å². The van der Waals surface area contributed by atoms with Crippen molar-refractivity contribution in [2.45, 2.75) is 6.54 Å². The van der Waals surface area contributed by atoms with Gasteiger partial charge in [-0.25, -0.2) is 0 Å². The lowest BCUT2D eigenvalue weighted by Crippen LogP contribution is -2.07. The van der Waals surface area contributed by atoms with Crippen LogP contribution in [0.2, 0.25) is 0 Å². The largest absolute Gasteiger partial charge is 0.467 e. The maximum Gasteiger partial charge on any atom is 0.161 e. The number of amidine groups is 1. The molecule has 0 fully saturated rings. The van der Waals surface area contributed by atoms with Gasteiger partial charge in [0.05, 0.1) is 24.4 Å². The minimum atomic E-state index is 0.506. The van der Waals surface area contributed by atoms with Crippen LogP contribution in [0.4, 0.5) is 5.69 Å². The van der Waals surface area contributed by atoms with Crippen LogP contribution in [0, 0.1) is 11.3 Å². The first-order valence-electron chi connectivity index (χ1n) is 5.70. The molecule has 1 aromatic heterocycles. The van der Waals surface area contributed by atoms with Crippen molar-refractivity contribution in [2.24, 2.45) is 4.99 Å². The standard InChI is InChI=1S/C14H13N3OS/c1-19-14(16-10-13-3-2-8-18-13)17-12-6-4-11(9-15)5-7-12/h2-8H,10H2,1H3,(H,16,17). The highest BCUT2D eigenvalue weighted by molar-refractivity contribution is 8.13. The molecule has 1 N–H and O–H groups in total. The van der Waals surface area contributed by atoms with Gasteiger partial charge in [-0.1, -0.05) is 11.8 Å². The number of furan rings is 1. The number of nitrogens with zero attached hydrogens (tertiary/aromatic N) is 2. The average molecular weight is 271 g/mol. The fourth-order valence-corrected chi connectivity index (χ4v) is 1.87. The number of thioether (sulfide) groups is 1. The highest BCUT2D eigenvalue weighted by Gasteiger charge is 2.00. The second-order valence-corrected chi connectivity index (χ2v) is 4.51. The van der Waals surface area contributed by atoms with Gasteiger partial charge in [0, 0.05) is 5.69 Å². The summed E-state index contributed by atoms with van der Waals surface area (Å²) in [6.45, 7) is 0.506. The molecule has 0 aliphatic heterocycles. The van der Waals surface area contributed by atoms with Crippen LogP contribution in [-0.4, -0.2) is 11.4 Å². The third kappa shape index (κ3) is 3.90. The Kier molecular flexibility index (Phi) is 4.65. The van der Waals surface area contributed by atoms with E-state index in [0.717, 1.165) is 16.6 Å². The van der Waals surface area contributed by atoms with Crippen molar-refractivity contribution in [3.05, 3.63) is 54.0 Å². The van der Waals surface area contributed by atoms with Gasteiger partial charge in [0.15, 0.2) is 5.17 Å². The maximum absolute atomic E-state index is 8.74. The third-order valence-electron chi connectivity index (χ3n) is 2.42. The molecule has 0 aliphatic carbocycles. The van der Waals surface area contributed by atoms with Crippen molar-refractivity contribution < 1.29 is 4.42 Å². The van der Waals surface area contributed by atoms with E-state index in [9.17, 15) is 0 Å². The van der Waals surface area contributed by atoms with Gasteiger partial charge in [0.2, 0.25) is 0 Å². The molecule has 0 unspecified atom stereocenters. The van der Waals surface area contributed by atoms with Gasteiger partial charge >= 0.3 is 0 Å². The second kappa shape index (κ2) is 6.66. The molecule has 0 radical (unpaired) electrons. The quantitative estimate of drug-likeness (QED) is 0.685. The van der Waals surface area contributed by atoms with Gasteiger partial charge in [-0.2, -0.15) is 5.26 Å². The van der Waals surface area contributed by atoms with E-state index in [1.807, 2.05) is 30.5 Å². The minimum absolute atomic E-state index is 0.506. The predicted octanol–water partition coefficient (Wildman–Crippen LogP) is 3.48. The lowest BCUT2D eigenvalue weighted by atomic mass is 10.2. The minimum Gasteiger partial charge on any atom is -0.467 e. The van der Waals surface area contributed by atoms with Crippen LogP contribution in [-0.2, 0) is 6.54 Å². The number of nitriles is 1. The topological polar surface area (TPSA) is 61.3 Å². The molecule has 0 spiro atoms. The molecular weight excluding hydrogens is 258 g/mol. The first-order valence-corrected chi connectivity index (χ1v) is 6.92. The summed E-state index contributed by atoms with van der Waals surface area (Å²) in [4.78, 5) is 4.43. The Hall–Kier alpha value is -2.19. The van der Waals surface area contributed by atoms with E-state index in [-0.39, 0.29) is 0 Å². The van der Waals surface area contributed by atoms with Crippen LogP contribution in [0.5, 0.6) is 0 Å². The van der Waals surface area contributed by atoms with Gasteiger partial charge in [-0.15, -0.1) is 0 Å². The molecule has 5 heteroatoms. The lowest BCUT2D eigenvalue weighted by Gasteiger charge is -2.07. The van der Waals surface area contributed by atoms with Crippen molar-refractivity contribution in [2.75, 3.05) is 11.6 Å². The smallest absolute Gasteiger partial charge is 0.161 e. The van der Waals surface area contributed by atoms with E-state index in [1.165, 1.54) is 11.8 Å². The number of nitrogens with one attached hydrogen (secondary N) is 1. The zero-order valence-electron chi connectivity index (χ0n) is 10.5. The van der Waals surface area contributed by atoms with Gasteiger partial charge in [0.25, 0.3) is 0 Å². The van der Waals surface area contributed by atoms with Crippen LogP contribution in [0.1, 0.15) is 11.3 Å². The first kappa shape index (κ1) is 13.2. The molecule has 0 saturated heterocycles. The SMILES string of the molecule is CSC(=NCc1ccco1)Nc1ccc(C#N)cc1. The van der Waals surface area contributed by atoms with E-state index in [2.05, 4.69) is 16.4 Å². The average Bonchev–Trinajstić information content (AvgIpc) is 2.97. The number of benzene rings is 1. The van der Waals surface area contributed by atoms with E-state index < -0.39 is 0 Å². The molecule has 0 aliphatic rings. The Labute approximate surface area is 116 Å². The van der Waals surface area contributed by atoms with E-state index in [1.54, 1.807) is 18.4 Å². The Balaban J connectivity index is 2.01. The van der Waals surface area contributed by atoms with Crippen molar-refractivity contribution in [3.63, 3.8) is 0 Å². The highest BCUT2D eigenvalue weighted by Crippen LogP contribution is 2.12. The zero-order chi connectivity index (χ0) is 13.5. The molecule has 19 heavy (non-hydrogen) atoms. The normalized spacial score (nSPS) is 11.1. The molecule has 2 aromatic rings. The maximum atomic E-state index is 8.74. The molecule has 1 aromatic carbocycles. The molecule has 2 rings (SSSR count). The molecular formula is C14H13N3OS. The summed E-state index contributed by atoms with van der Waals surface area (Å²) in [5.41, 5.74) is 1.55. The van der Waals surface area contributed by atoms with Gasteiger partial charge in [-0.3, -0.25) is 4.99 Å². The van der Waals surface area contributed by atoms with E-state index >= 15 is 0 Å². The Morgan fingerprint density at radius 3 is 2.74 bits per heavy atom. The van der Waals surface area contributed by atoms with Gasteiger partial charge < -0.3 is 9.73 Å². The third-order valence-corrected chi connectivity index (χ3v) is 3.04. The van der Waals surface area contributed by atoms with Crippen LogP contribution >= 0.6 is 11.8 Å². The Bertz CT molecular complexity index is 582. The molecule has 96 valence electrons. The predicted molar refractivity (Wildman–Crippen MR) is 78.1 cm³/mol. The number of anilines is 1. The van der Waals surface area contributed by atoms with Crippen molar-refractivity contribution in [1.82, 2.24) is 0 Å². The van der Waals surface area contributed by atoms with Crippen molar-refractivity contribution in [3.8, 4) is 6.07 Å². The van der Waals surface area contributed by atoms with Crippen molar-refractivity contribution in [1.29, 1.82) is 5.26 Å². The van der Waals surface area contributed by atoms with Gasteiger partial charge in [-0.05, 0) is 42.7 Å². The molecule has 0 amide bonds. The highest BCUT2D eigenvalue weighted by atomic mass is 32.2. The second-order valence-electron chi connectivity index (χ2n) is 3.72. The number of aliphatic imine (C=N–C) groups is 1. The van der Waals surface area contributed by atoms with Crippen LogP contribution in [0.25, 0.3) is 0 Å². The first-order chi connectivity index (χ1) is 9.31. The summed E-state index contributed by atoms with van der Waals surface area (Å²) in [7, 11) is 0. The Morgan fingerprint density at radius 1 is 1.37 bits per heavy atom. The van der Waals surface area contributed by atoms with E-state index in [4.69, 9.17) is 9.68 Å². The molecule has 0 saturated carbocycles. The monoisotopic (exact) mass is 271 g/mol. The van der Waals surface area contributed by atoms with Gasteiger partial charge in [0.1, 0.15) is 5.76 Å². The summed E-state index contributed by atoms with van der Waals surface area (Å²) >= 11 is 1.53. The number of rotatable bonds is 3.